The monoisotopic (exact) mass is 441 g/mol. The molecule has 3 amide bonds. The number of allylic oxidation sites excluding steroid dienone is 1. The normalized spacial score (nSPS) is 27.7. The van der Waals surface area contributed by atoms with Gasteiger partial charge in [-0.1, -0.05) is 69.2 Å². The number of amides is 3. The van der Waals surface area contributed by atoms with E-state index in [0.29, 0.717) is 6.54 Å². The van der Waals surface area contributed by atoms with Crippen molar-refractivity contribution in [2.75, 3.05) is 20.2 Å². The van der Waals surface area contributed by atoms with Crippen LogP contribution in [0.1, 0.15) is 44.7 Å². The zero-order valence-corrected chi connectivity index (χ0v) is 19.2. The Morgan fingerprint density at radius 1 is 1.12 bits per heavy atom. The van der Waals surface area contributed by atoms with E-state index >= 15 is 0 Å². The number of carbonyl (C=O) groups is 3. The molecule has 0 radical (unpaired) electrons. The molecule has 3 rings (SSSR count). The maximum atomic E-state index is 13.8. The molecule has 7 heteroatoms. The first-order valence-electron chi connectivity index (χ1n) is 11.6. The second kappa shape index (κ2) is 10.8. The lowest BCUT2D eigenvalue weighted by Crippen LogP contribution is -2.49. The second-order valence-electron chi connectivity index (χ2n) is 8.78. The van der Waals surface area contributed by atoms with Gasteiger partial charge in [-0.15, -0.1) is 0 Å². The Kier molecular flexibility index (Phi) is 8.07. The third-order valence-corrected chi connectivity index (χ3v) is 6.80. The van der Waals surface area contributed by atoms with Gasteiger partial charge in [-0.05, 0) is 17.9 Å². The van der Waals surface area contributed by atoms with Crippen molar-refractivity contribution < 1.29 is 19.5 Å². The number of likely N-dealkylation sites (tertiary alicyclic amines) is 1. The predicted molar refractivity (Wildman–Crippen MR) is 122 cm³/mol. The van der Waals surface area contributed by atoms with Crippen LogP contribution < -0.4 is 10.6 Å². The van der Waals surface area contributed by atoms with Gasteiger partial charge in [0.15, 0.2) is 0 Å². The van der Waals surface area contributed by atoms with Crippen LogP contribution in [0.5, 0.6) is 0 Å². The number of hydrogen-bond donors (Lipinski definition) is 3. The lowest BCUT2D eigenvalue weighted by Gasteiger charge is -2.33. The number of carbonyl (C=O) groups excluding carboxylic acids is 3. The van der Waals surface area contributed by atoms with Crippen LogP contribution >= 0.6 is 0 Å². The van der Waals surface area contributed by atoms with E-state index in [1.165, 1.54) is 4.90 Å². The summed E-state index contributed by atoms with van der Waals surface area (Å²) in [5.41, 5.74) is 0.763. The van der Waals surface area contributed by atoms with Crippen LogP contribution in [0.3, 0.4) is 0 Å². The SMILES string of the molecule is CCCCCNC(=O)[C@@H]1[C@H]2C=C[C@@H](C)[C@@H](C(=O)NC)[C@@H]2C(=O)N1[C@H](CO)c1ccccc1. The molecule has 32 heavy (non-hydrogen) atoms. The zero-order chi connectivity index (χ0) is 23.3. The molecule has 6 atom stereocenters. The summed E-state index contributed by atoms with van der Waals surface area (Å²) in [7, 11) is 1.57. The van der Waals surface area contributed by atoms with E-state index in [0.717, 1.165) is 24.8 Å². The van der Waals surface area contributed by atoms with Crippen LogP contribution in [0.2, 0.25) is 0 Å². The molecule has 2 aliphatic rings. The summed E-state index contributed by atoms with van der Waals surface area (Å²) in [5.74, 6) is -2.43. The van der Waals surface area contributed by atoms with Crippen LogP contribution in [-0.2, 0) is 14.4 Å². The molecule has 3 N–H and O–H groups in total. The molecule has 1 fully saturated rings. The highest BCUT2D eigenvalue weighted by Gasteiger charge is 2.58. The zero-order valence-electron chi connectivity index (χ0n) is 19.2. The van der Waals surface area contributed by atoms with Crippen LogP contribution in [-0.4, -0.2) is 54.0 Å². The number of aliphatic hydroxyl groups excluding tert-OH is 1. The van der Waals surface area contributed by atoms with Crippen molar-refractivity contribution in [3.8, 4) is 0 Å². The Balaban J connectivity index is 2.00. The van der Waals surface area contributed by atoms with E-state index < -0.39 is 29.8 Å². The molecule has 1 aromatic rings. The number of benzene rings is 1. The molecule has 0 aromatic heterocycles. The van der Waals surface area contributed by atoms with Crippen molar-refractivity contribution in [3.63, 3.8) is 0 Å². The van der Waals surface area contributed by atoms with Crippen molar-refractivity contribution in [2.45, 2.75) is 45.2 Å². The molecule has 1 aliphatic heterocycles. The molecule has 1 heterocycles. The van der Waals surface area contributed by atoms with Crippen molar-refractivity contribution in [3.05, 3.63) is 48.0 Å². The van der Waals surface area contributed by atoms with Crippen molar-refractivity contribution in [2.24, 2.45) is 23.7 Å². The van der Waals surface area contributed by atoms with Gasteiger partial charge in [0.1, 0.15) is 6.04 Å². The molecule has 174 valence electrons. The van der Waals surface area contributed by atoms with Crippen LogP contribution in [0.4, 0.5) is 0 Å². The van der Waals surface area contributed by atoms with E-state index in [4.69, 9.17) is 0 Å². The smallest absolute Gasteiger partial charge is 0.243 e. The van der Waals surface area contributed by atoms with Gasteiger partial charge in [-0.2, -0.15) is 0 Å². The summed E-state index contributed by atoms with van der Waals surface area (Å²) < 4.78 is 0. The van der Waals surface area contributed by atoms with Gasteiger partial charge in [0.2, 0.25) is 17.7 Å². The minimum absolute atomic E-state index is 0.127. The average Bonchev–Trinajstić information content (AvgIpc) is 3.10. The van der Waals surface area contributed by atoms with Gasteiger partial charge in [0.05, 0.1) is 24.5 Å². The largest absolute Gasteiger partial charge is 0.394 e. The number of hydrogen-bond acceptors (Lipinski definition) is 4. The lowest BCUT2D eigenvalue weighted by molar-refractivity contribution is -0.143. The fraction of sp³-hybridized carbons (Fsp3) is 0.560. The van der Waals surface area contributed by atoms with Gasteiger partial charge in [0, 0.05) is 19.5 Å². The highest BCUT2D eigenvalue weighted by Crippen LogP contribution is 2.46. The maximum Gasteiger partial charge on any atom is 0.243 e. The van der Waals surface area contributed by atoms with E-state index in [1.807, 2.05) is 49.4 Å². The molecule has 1 aliphatic carbocycles. The van der Waals surface area contributed by atoms with E-state index in [-0.39, 0.29) is 30.2 Å². The van der Waals surface area contributed by atoms with Gasteiger partial charge in [-0.3, -0.25) is 14.4 Å². The lowest BCUT2D eigenvalue weighted by atomic mass is 9.70. The highest BCUT2D eigenvalue weighted by atomic mass is 16.3. The molecule has 0 spiro atoms. The summed E-state index contributed by atoms with van der Waals surface area (Å²) in [6.45, 7) is 4.25. The minimum Gasteiger partial charge on any atom is -0.394 e. The Morgan fingerprint density at radius 2 is 1.84 bits per heavy atom. The first kappa shape index (κ1) is 24.0. The third-order valence-electron chi connectivity index (χ3n) is 6.80. The first-order chi connectivity index (χ1) is 15.5. The molecule has 0 saturated carbocycles. The quantitative estimate of drug-likeness (QED) is 0.403. The molecule has 0 bridgehead atoms. The summed E-state index contributed by atoms with van der Waals surface area (Å²) in [6.07, 6.45) is 6.78. The Hall–Kier alpha value is -2.67. The molecule has 7 nitrogen and oxygen atoms in total. The number of unbranched alkanes of at least 4 members (excludes halogenated alkanes) is 2. The maximum absolute atomic E-state index is 13.8. The van der Waals surface area contributed by atoms with Gasteiger partial charge >= 0.3 is 0 Å². The highest BCUT2D eigenvalue weighted by molar-refractivity contribution is 5.97. The average molecular weight is 442 g/mol. The molecular formula is C25H35N3O4. The minimum atomic E-state index is -0.776. The third kappa shape index (κ3) is 4.58. The summed E-state index contributed by atoms with van der Waals surface area (Å²) in [4.78, 5) is 41.4. The van der Waals surface area contributed by atoms with Crippen LogP contribution in [0.15, 0.2) is 42.5 Å². The molecule has 1 saturated heterocycles. The Labute approximate surface area is 190 Å². The van der Waals surface area contributed by atoms with Crippen LogP contribution in [0, 0.1) is 23.7 Å². The number of nitrogens with one attached hydrogen (secondary N) is 2. The van der Waals surface area contributed by atoms with Crippen molar-refractivity contribution in [1.29, 1.82) is 0 Å². The fourth-order valence-corrected chi connectivity index (χ4v) is 5.16. The second-order valence-corrected chi connectivity index (χ2v) is 8.78. The topological polar surface area (TPSA) is 98.7 Å². The number of rotatable bonds is 9. The van der Waals surface area contributed by atoms with Gasteiger partial charge in [-0.25, -0.2) is 0 Å². The summed E-state index contributed by atoms with van der Waals surface area (Å²) in [6, 6.07) is 7.83. The summed E-state index contributed by atoms with van der Waals surface area (Å²) >= 11 is 0. The fourth-order valence-electron chi connectivity index (χ4n) is 5.16. The van der Waals surface area contributed by atoms with Gasteiger partial charge < -0.3 is 20.6 Å². The van der Waals surface area contributed by atoms with E-state index in [9.17, 15) is 19.5 Å². The molecule has 0 unspecified atom stereocenters. The first-order valence-corrected chi connectivity index (χ1v) is 11.6. The number of fused-ring (bicyclic) bond motifs is 1. The van der Waals surface area contributed by atoms with E-state index in [1.54, 1.807) is 7.05 Å². The van der Waals surface area contributed by atoms with Gasteiger partial charge in [0.25, 0.3) is 0 Å². The molecular weight excluding hydrogens is 406 g/mol. The van der Waals surface area contributed by atoms with Crippen LogP contribution in [0.25, 0.3) is 0 Å². The van der Waals surface area contributed by atoms with Crippen molar-refractivity contribution in [1.82, 2.24) is 15.5 Å². The van der Waals surface area contributed by atoms with Crippen molar-refractivity contribution >= 4 is 17.7 Å². The summed E-state index contributed by atoms with van der Waals surface area (Å²) in [5, 5.41) is 16.0. The van der Waals surface area contributed by atoms with E-state index in [2.05, 4.69) is 17.6 Å². The Bertz CT molecular complexity index is 841. The standard InChI is InChI=1S/C25H35N3O4/c1-4-5-9-14-27-24(31)22-18-13-12-16(2)20(23(30)26-3)21(18)25(32)28(22)19(15-29)17-10-7-6-8-11-17/h6-8,10-13,16,18-22,29H,4-5,9,14-15H2,1-3H3,(H,26,30)(H,27,31)/t16-,18+,19-,20-,21-,22+/m1/s1. The molecule has 1 aromatic carbocycles. The number of aliphatic hydroxyl groups is 1. The predicted octanol–water partition coefficient (Wildman–Crippen LogP) is 2.04. The Morgan fingerprint density at radius 3 is 2.47 bits per heavy atom. The number of nitrogens with zero attached hydrogens (tertiary/aromatic N) is 1.